The van der Waals surface area contributed by atoms with Crippen molar-refractivity contribution in [3.8, 4) is 11.4 Å². The van der Waals surface area contributed by atoms with Crippen LogP contribution in [0.2, 0.25) is 0 Å². The zero-order valence-corrected chi connectivity index (χ0v) is 20.2. The van der Waals surface area contributed by atoms with Crippen molar-refractivity contribution >= 4 is 23.2 Å². The summed E-state index contributed by atoms with van der Waals surface area (Å²) in [7, 11) is 1.63. The molecule has 2 aliphatic rings. The van der Waals surface area contributed by atoms with Crippen molar-refractivity contribution in [1.82, 2.24) is 9.78 Å². The molecule has 0 N–H and O–H groups in total. The second-order valence-electron chi connectivity index (χ2n) is 9.71. The van der Waals surface area contributed by atoms with Crippen LogP contribution in [0, 0.1) is 6.92 Å². The lowest BCUT2D eigenvalue weighted by Gasteiger charge is -2.38. The number of hydrogen-bond donors (Lipinski definition) is 0. The predicted molar refractivity (Wildman–Crippen MR) is 132 cm³/mol. The van der Waals surface area contributed by atoms with Crippen LogP contribution in [0.1, 0.15) is 54.9 Å². The topological polar surface area (TPSA) is 67.7 Å². The van der Waals surface area contributed by atoms with Gasteiger partial charge in [-0.1, -0.05) is 13.8 Å². The minimum Gasteiger partial charge on any atom is -0.497 e. The molecule has 3 aromatic rings. The number of amides is 2. The molecule has 0 radical (unpaired) electrons. The van der Waals surface area contributed by atoms with Crippen molar-refractivity contribution in [2.45, 2.75) is 45.4 Å². The molecule has 0 bridgehead atoms. The first kappa shape index (κ1) is 22.2. The Balaban J connectivity index is 1.52. The summed E-state index contributed by atoms with van der Waals surface area (Å²) in [5.41, 5.74) is 4.68. The van der Waals surface area contributed by atoms with Gasteiger partial charge < -0.3 is 14.5 Å². The minimum atomic E-state index is -0.278. The highest BCUT2D eigenvalue weighted by Crippen LogP contribution is 2.39. The van der Waals surface area contributed by atoms with Crippen molar-refractivity contribution in [2.24, 2.45) is 0 Å². The molecule has 34 heavy (non-hydrogen) atoms. The average Bonchev–Trinajstić information content (AvgIpc) is 3.21. The molecular weight excluding hydrogens is 428 g/mol. The van der Waals surface area contributed by atoms with E-state index in [9.17, 15) is 9.59 Å². The van der Waals surface area contributed by atoms with Gasteiger partial charge in [-0.25, -0.2) is 4.68 Å². The molecule has 0 aliphatic carbocycles. The van der Waals surface area contributed by atoms with Gasteiger partial charge in [0.1, 0.15) is 11.4 Å². The normalized spacial score (nSPS) is 17.6. The average molecular weight is 459 g/mol. The van der Waals surface area contributed by atoms with Gasteiger partial charge in [-0.3, -0.25) is 9.59 Å². The van der Waals surface area contributed by atoms with Crippen LogP contribution in [0.25, 0.3) is 5.69 Å². The second-order valence-corrected chi connectivity index (χ2v) is 9.71. The number of carbonyl (C=O) groups is 2. The number of benzene rings is 2. The van der Waals surface area contributed by atoms with Crippen LogP contribution in [-0.4, -0.2) is 41.8 Å². The molecule has 2 amide bonds. The number of aryl methyl sites for hydroxylation is 1. The largest absolute Gasteiger partial charge is 0.497 e. The smallest absolute Gasteiger partial charge is 0.277 e. The number of ether oxygens (including phenoxy) is 1. The van der Waals surface area contributed by atoms with Crippen LogP contribution in [0.15, 0.2) is 48.5 Å². The Morgan fingerprint density at radius 1 is 0.882 bits per heavy atom. The molecule has 3 heterocycles. The minimum absolute atomic E-state index is 0.0764. The van der Waals surface area contributed by atoms with E-state index < -0.39 is 0 Å². The number of fused-ring (bicyclic) bond motifs is 1. The summed E-state index contributed by atoms with van der Waals surface area (Å²) < 4.78 is 7.03. The van der Waals surface area contributed by atoms with Crippen molar-refractivity contribution in [1.29, 1.82) is 0 Å². The summed E-state index contributed by atoms with van der Waals surface area (Å²) in [6.07, 6.45) is 2.57. The molecule has 0 saturated carbocycles. The van der Waals surface area contributed by atoms with Gasteiger partial charge in [0, 0.05) is 41.9 Å². The van der Waals surface area contributed by atoms with Gasteiger partial charge in [-0.05, 0) is 68.3 Å². The van der Waals surface area contributed by atoms with Gasteiger partial charge in [0.25, 0.3) is 5.91 Å². The van der Waals surface area contributed by atoms with E-state index in [4.69, 9.17) is 9.84 Å². The Hall–Kier alpha value is -3.61. The Morgan fingerprint density at radius 2 is 1.50 bits per heavy atom. The van der Waals surface area contributed by atoms with E-state index in [1.54, 1.807) is 11.8 Å². The van der Waals surface area contributed by atoms with Crippen LogP contribution in [-0.2, 0) is 10.2 Å². The second kappa shape index (κ2) is 8.31. The first-order valence-electron chi connectivity index (χ1n) is 11.8. The lowest BCUT2D eigenvalue weighted by Crippen LogP contribution is -2.47. The Bertz CT molecular complexity index is 1240. The third-order valence-corrected chi connectivity index (χ3v) is 6.85. The van der Waals surface area contributed by atoms with Crippen molar-refractivity contribution in [2.75, 3.05) is 30.0 Å². The predicted octanol–water partition coefficient (Wildman–Crippen LogP) is 4.64. The molecule has 7 nitrogen and oxygen atoms in total. The molecule has 1 fully saturated rings. The molecule has 2 aromatic carbocycles. The lowest BCUT2D eigenvalue weighted by molar-refractivity contribution is -0.119. The summed E-state index contributed by atoms with van der Waals surface area (Å²) in [6.45, 7) is 7.57. The molecule has 0 spiro atoms. The first-order valence-corrected chi connectivity index (χ1v) is 11.8. The quantitative estimate of drug-likeness (QED) is 0.571. The molecule has 176 valence electrons. The zero-order chi connectivity index (χ0) is 24.0. The van der Waals surface area contributed by atoms with Crippen molar-refractivity contribution in [3.63, 3.8) is 0 Å². The van der Waals surface area contributed by atoms with Gasteiger partial charge in [0.2, 0.25) is 5.91 Å². The van der Waals surface area contributed by atoms with Crippen LogP contribution < -0.4 is 14.5 Å². The van der Waals surface area contributed by atoms with E-state index in [0.717, 1.165) is 53.5 Å². The number of nitrogens with zero attached hydrogens (tertiary/aromatic N) is 4. The summed E-state index contributed by atoms with van der Waals surface area (Å²) in [4.78, 5) is 29.8. The highest BCUT2D eigenvalue weighted by atomic mass is 16.5. The van der Waals surface area contributed by atoms with Gasteiger partial charge >= 0.3 is 0 Å². The van der Waals surface area contributed by atoms with Crippen molar-refractivity contribution < 1.29 is 14.3 Å². The molecule has 5 rings (SSSR count). The summed E-state index contributed by atoms with van der Waals surface area (Å²) in [5, 5.41) is 4.76. The van der Waals surface area contributed by atoms with E-state index >= 15 is 0 Å². The molecule has 0 atom stereocenters. The fourth-order valence-corrected chi connectivity index (χ4v) is 5.22. The van der Waals surface area contributed by atoms with E-state index in [2.05, 4.69) is 13.8 Å². The third kappa shape index (κ3) is 3.65. The fourth-order valence-electron chi connectivity index (χ4n) is 5.22. The number of aromatic nitrogens is 2. The molecule has 0 unspecified atom stereocenters. The Labute approximate surface area is 199 Å². The maximum absolute atomic E-state index is 13.9. The highest BCUT2D eigenvalue weighted by Gasteiger charge is 2.42. The van der Waals surface area contributed by atoms with Gasteiger partial charge in [-0.15, -0.1) is 0 Å². The number of anilines is 2. The molecular formula is C27H30N4O3. The first-order chi connectivity index (χ1) is 16.3. The lowest BCUT2D eigenvalue weighted by atomic mass is 9.79. The number of methoxy groups -OCH3 is 1. The number of carbonyl (C=O) groups excluding carboxylic acids is 2. The Kier molecular flexibility index (Phi) is 5.42. The molecule has 1 saturated heterocycles. The zero-order valence-electron chi connectivity index (χ0n) is 20.2. The van der Waals surface area contributed by atoms with E-state index in [1.807, 2.05) is 65.3 Å². The number of piperidine rings is 1. The summed E-state index contributed by atoms with van der Waals surface area (Å²) in [6, 6.07) is 15.3. The van der Waals surface area contributed by atoms with E-state index in [1.165, 1.54) is 0 Å². The number of hydrogen-bond acceptors (Lipinski definition) is 4. The number of rotatable bonds is 4. The standard InChI is InChI=1S/C27H30N4O3/c1-18-24-25(31(28-18)21-12-14-22(34-4)15-13-21)26(33)30(17-27(24,2)3)20-10-8-19(9-11-20)29-16-6-5-7-23(29)32/h8-15H,5-7,16-17H2,1-4H3. The fraction of sp³-hybridized carbons (Fsp3) is 0.370. The molecule has 1 aromatic heterocycles. The SMILES string of the molecule is COc1ccc(-n2nc(C)c3c2C(=O)N(c2ccc(N4CCCCC4=O)cc2)CC3(C)C)cc1. The van der Waals surface area contributed by atoms with Gasteiger partial charge in [-0.2, -0.15) is 5.10 Å². The third-order valence-electron chi connectivity index (χ3n) is 6.85. The highest BCUT2D eigenvalue weighted by molar-refractivity contribution is 6.08. The van der Waals surface area contributed by atoms with E-state index in [0.29, 0.717) is 18.7 Å². The van der Waals surface area contributed by atoms with Crippen LogP contribution in [0.3, 0.4) is 0 Å². The van der Waals surface area contributed by atoms with Crippen LogP contribution in [0.5, 0.6) is 5.75 Å². The maximum atomic E-state index is 13.9. The maximum Gasteiger partial charge on any atom is 0.277 e. The van der Waals surface area contributed by atoms with Crippen LogP contribution in [0.4, 0.5) is 11.4 Å². The van der Waals surface area contributed by atoms with Gasteiger partial charge in [0.15, 0.2) is 0 Å². The van der Waals surface area contributed by atoms with Crippen LogP contribution >= 0.6 is 0 Å². The van der Waals surface area contributed by atoms with Gasteiger partial charge in [0.05, 0.1) is 18.5 Å². The summed E-state index contributed by atoms with van der Waals surface area (Å²) in [5.74, 6) is 0.840. The monoisotopic (exact) mass is 458 g/mol. The van der Waals surface area contributed by atoms with Crippen molar-refractivity contribution in [3.05, 3.63) is 65.5 Å². The summed E-state index contributed by atoms with van der Waals surface area (Å²) >= 11 is 0. The molecule has 7 heteroatoms. The Morgan fingerprint density at radius 3 is 2.12 bits per heavy atom. The van der Waals surface area contributed by atoms with E-state index in [-0.39, 0.29) is 17.2 Å². The molecule has 2 aliphatic heterocycles.